The summed E-state index contributed by atoms with van der Waals surface area (Å²) in [5, 5.41) is 17.5. The minimum absolute atomic E-state index is 0.0836. The number of hydrogen-bond donors (Lipinski definition) is 4. The molecular weight excluding hydrogens is 388 g/mol. The third-order valence-corrected chi connectivity index (χ3v) is 4.73. The van der Waals surface area contributed by atoms with E-state index in [-0.39, 0.29) is 25.0 Å². The van der Waals surface area contributed by atoms with Crippen LogP contribution in [0.3, 0.4) is 0 Å². The summed E-state index contributed by atoms with van der Waals surface area (Å²) in [6, 6.07) is 3.07. The maximum Gasteiger partial charge on any atom is 0.408 e. The zero-order valence-corrected chi connectivity index (χ0v) is 17.7. The highest BCUT2D eigenvalue weighted by Gasteiger charge is 2.21. The van der Waals surface area contributed by atoms with E-state index in [0.717, 1.165) is 50.2 Å². The Morgan fingerprint density at radius 2 is 2.07 bits per heavy atom. The number of aliphatic carboxylic acids is 1. The van der Waals surface area contributed by atoms with Crippen molar-refractivity contribution in [3.63, 3.8) is 0 Å². The topological polar surface area (TPSA) is 130 Å². The van der Waals surface area contributed by atoms with Gasteiger partial charge in [-0.05, 0) is 64.0 Å². The highest BCUT2D eigenvalue weighted by molar-refractivity contribution is 5.80. The molecule has 0 bridgehead atoms. The van der Waals surface area contributed by atoms with E-state index in [0.29, 0.717) is 6.42 Å². The number of amides is 2. The number of unbranched alkanes of at least 4 members (excludes halogenated alkanes) is 1. The van der Waals surface area contributed by atoms with E-state index >= 15 is 0 Å². The van der Waals surface area contributed by atoms with Crippen LogP contribution in [0.4, 0.5) is 10.6 Å². The molecule has 0 aromatic carbocycles. The number of anilines is 1. The Hall–Kier alpha value is -2.84. The smallest absolute Gasteiger partial charge is 0.408 e. The maximum absolute atomic E-state index is 12.0. The monoisotopic (exact) mass is 420 g/mol. The summed E-state index contributed by atoms with van der Waals surface area (Å²) in [4.78, 5) is 39.4. The molecule has 1 aliphatic rings. The number of hydrogen-bond acceptors (Lipinski definition) is 6. The molecule has 1 aromatic heterocycles. The summed E-state index contributed by atoms with van der Waals surface area (Å²) in [7, 11) is 0. The lowest BCUT2D eigenvalue weighted by atomic mass is 10.1. The minimum Gasteiger partial charge on any atom is -0.480 e. The van der Waals surface area contributed by atoms with E-state index in [9.17, 15) is 19.5 Å². The molecule has 0 aliphatic carbocycles. The molecule has 166 valence electrons. The van der Waals surface area contributed by atoms with Gasteiger partial charge in [0.25, 0.3) is 0 Å². The highest BCUT2D eigenvalue weighted by Crippen LogP contribution is 2.20. The van der Waals surface area contributed by atoms with Crippen LogP contribution in [-0.4, -0.2) is 53.3 Å². The molecule has 4 N–H and O–H groups in total. The molecule has 0 radical (unpaired) electrons. The van der Waals surface area contributed by atoms with Gasteiger partial charge in [0.2, 0.25) is 5.91 Å². The standard InChI is InChI=1S/C21H32N4O5/c1-14(2)30-21(29)25-17(20(27)28)11-13-22-18(26)8-4-3-7-16-10-9-15-6-5-12-23-19(15)24-16/h9-10,14,17H,3-8,11-13H2,1-2H3,(H,22,26)(H,23,24)(H,25,29)(H,27,28). The van der Waals surface area contributed by atoms with Crippen molar-refractivity contribution in [2.24, 2.45) is 0 Å². The van der Waals surface area contributed by atoms with Crippen LogP contribution in [0.15, 0.2) is 12.1 Å². The Morgan fingerprint density at radius 1 is 1.27 bits per heavy atom. The predicted octanol–water partition coefficient (Wildman–Crippen LogP) is 2.25. The molecule has 0 saturated carbocycles. The lowest BCUT2D eigenvalue weighted by Crippen LogP contribution is -2.43. The van der Waals surface area contributed by atoms with Gasteiger partial charge in [0, 0.05) is 25.2 Å². The number of aryl methyl sites for hydroxylation is 2. The fraction of sp³-hybridized carbons (Fsp3) is 0.619. The molecule has 0 fully saturated rings. The quantitative estimate of drug-likeness (QED) is 0.404. The second-order valence-corrected chi connectivity index (χ2v) is 7.68. The first-order valence-electron chi connectivity index (χ1n) is 10.5. The summed E-state index contributed by atoms with van der Waals surface area (Å²) in [5.41, 5.74) is 2.28. The number of rotatable bonds is 11. The third kappa shape index (κ3) is 8.26. The first-order chi connectivity index (χ1) is 14.3. The number of carboxylic acid groups (broad SMARTS) is 1. The molecule has 1 aliphatic heterocycles. The lowest BCUT2D eigenvalue weighted by molar-refractivity contribution is -0.139. The SMILES string of the molecule is CC(C)OC(=O)NC(CCNC(=O)CCCCc1ccc2c(n1)NCCC2)C(=O)O. The van der Waals surface area contributed by atoms with Crippen LogP contribution in [-0.2, 0) is 27.2 Å². The van der Waals surface area contributed by atoms with Crippen molar-refractivity contribution in [3.05, 3.63) is 23.4 Å². The van der Waals surface area contributed by atoms with Gasteiger partial charge in [-0.2, -0.15) is 0 Å². The minimum atomic E-state index is -1.17. The molecule has 1 atom stereocenters. The molecule has 0 spiro atoms. The summed E-state index contributed by atoms with van der Waals surface area (Å²) < 4.78 is 4.88. The number of carbonyl (C=O) groups excluding carboxylic acids is 2. The van der Waals surface area contributed by atoms with Gasteiger partial charge in [0.15, 0.2) is 0 Å². The van der Waals surface area contributed by atoms with E-state index in [1.54, 1.807) is 13.8 Å². The van der Waals surface area contributed by atoms with Crippen LogP contribution in [0.5, 0.6) is 0 Å². The van der Waals surface area contributed by atoms with Crippen molar-refractivity contribution < 1.29 is 24.2 Å². The first-order valence-corrected chi connectivity index (χ1v) is 10.5. The number of alkyl carbamates (subject to hydrolysis) is 1. The molecule has 2 heterocycles. The van der Waals surface area contributed by atoms with Gasteiger partial charge in [-0.25, -0.2) is 14.6 Å². The molecule has 9 heteroatoms. The predicted molar refractivity (Wildman–Crippen MR) is 112 cm³/mol. The van der Waals surface area contributed by atoms with Gasteiger partial charge in [0.05, 0.1) is 6.10 Å². The summed E-state index contributed by atoms with van der Waals surface area (Å²) in [6.07, 6.45) is 3.90. The number of nitrogens with zero attached hydrogens (tertiary/aromatic N) is 1. The summed E-state index contributed by atoms with van der Waals surface area (Å²) >= 11 is 0. The second kappa shape index (κ2) is 12.0. The largest absolute Gasteiger partial charge is 0.480 e. The molecule has 1 aromatic rings. The van der Waals surface area contributed by atoms with Crippen LogP contribution in [0.2, 0.25) is 0 Å². The van der Waals surface area contributed by atoms with E-state index < -0.39 is 18.1 Å². The van der Waals surface area contributed by atoms with E-state index in [4.69, 9.17) is 4.74 Å². The number of carboxylic acids is 1. The Balaban J connectivity index is 1.62. The fourth-order valence-electron chi connectivity index (χ4n) is 3.19. The van der Waals surface area contributed by atoms with Gasteiger partial charge in [0.1, 0.15) is 11.9 Å². The third-order valence-electron chi connectivity index (χ3n) is 4.73. The van der Waals surface area contributed by atoms with Gasteiger partial charge < -0.3 is 25.8 Å². The van der Waals surface area contributed by atoms with E-state index in [2.05, 4.69) is 33.1 Å². The second-order valence-electron chi connectivity index (χ2n) is 7.68. The number of fused-ring (bicyclic) bond motifs is 1. The zero-order chi connectivity index (χ0) is 21.9. The van der Waals surface area contributed by atoms with Gasteiger partial charge in [-0.1, -0.05) is 6.07 Å². The Bertz CT molecular complexity index is 738. The van der Waals surface area contributed by atoms with Crippen molar-refractivity contribution in [1.82, 2.24) is 15.6 Å². The summed E-state index contributed by atoms with van der Waals surface area (Å²) in [6.45, 7) is 4.47. The lowest BCUT2D eigenvalue weighted by Gasteiger charge is -2.17. The van der Waals surface area contributed by atoms with Crippen LogP contribution in [0, 0.1) is 0 Å². The molecule has 9 nitrogen and oxygen atoms in total. The number of ether oxygens (including phenoxy) is 1. The number of nitrogens with one attached hydrogen (secondary N) is 3. The van der Waals surface area contributed by atoms with Crippen LogP contribution in [0.25, 0.3) is 0 Å². The average molecular weight is 421 g/mol. The average Bonchev–Trinajstić information content (AvgIpc) is 2.69. The molecule has 30 heavy (non-hydrogen) atoms. The van der Waals surface area contributed by atoms with Crippen molar-refractivity contribution in [2.75, 3.05) is 18.4 Å². The first kappa shape index (κ1) is 23.4. The number of pyridine rings is 1. The molecule has 2 amide bonds. The van der Waals surface area contributed by atoms with Crippen LogP contribution < -0.4 is 16.0 Å². The van der Waals surface area contributed by atoms with Crippen molar-refractivity contribution in [3.8, 4) is 0 Å². The van der Waals surface area contributed by atoms with E-state index in [1.165, 1.54) is 5.56 Å². The van der Waals surface area contributed by atoms with E-state index in [1.807, 2.05) is 0 Å². The van der Waals surface area contributed by atoms with Crippen molar-refractivity contribution in [1.29, 1.82) is 0 Å². The Labute approximate surface area is 177 Å². The van der Waals surface area contributed by atoms with Gasteiger partial charge in [-0.15, -0.1) is 0 Å². The van der Waals surface area contributed by atoms with Crippen molar-refractivity contribution >= 4 is 23.8 Å². The normalized spacial score (nSPS) is 13.7. The molecule has 0 saturated heterocycles. The fourth-order valence-corrected chi connectivity index (χ4v) is 3.19. The molecular formula is C21H32N4O5. The summed E-state index contributed by atoms with van der Waals surface area (Å²) in [5.74, 6) is -0.323. The van der Waals surface area contributed by atoms with Gasteiger partial charge >= 0.3 is 12.1 Å². The molecule has 1 unspecified atom stereocenters. The number of aromatic nitrogens is 1. The Kier molecular flexibility index (Phi) is 9.37. The van der Waals surface area contributed by atoms with Gasteiger partial charge in [-0.3, -0.25) is 4.79 Å². The highest BCUT2D eigenvalue weighted by atomic mass is 16.6. The van der Waals surface area contributed by atoms with Crippen molar-refractivity contribution in [2.45, 2.75) is 70.9 Å². The Morgan fingerprint density at radius 3 is 2.80 bits per heavy atom. The number of carbonyl (C=O) groups is 3. The maximum atomic E-state index is 12.0. The van der Waals surface area contributed by atoms with Crippen LogP contribution in [0.1, 0.15) is 57.2 Å². The molecule has 2 rings (SSSR count). The van der Waals surface area contributed by atoms with Crippen LogP contribution >= 0.6 is 0 Å². The zero-order valence-electron chi connectivity index (χ0n) is 17.7.